The second-order valence-corrected chi connectivity index (χ2v) is 17.9. The minimum atomic E-state index is -4.27. The van der Waals surface area contributed by atoms with Crippen LogP contribution in [0.4, 0.5) is 5.69 Å². The number of thiazole rings is 1. The van der Waals surface area contributed by atoms with Crippen molar-refractivity contribution >= 4 is 76.7 Å². The van der Waals surface area contributed by atoms with Crippen LogP contribution >= 0.6 is 23.1 Å². The van der Waals surface area contributed by atoms with Crippen LogP contribution in [0.1, 0.15) is 58.0 Å². The SMILES string of the molecule is CCN1/C(=C/C2=C(C)C(=C/c3sc4ccc5ccccc5c4[n+]3CC)/CC(C)(C)C2)Sc2ccc3ccccc3c21.Cc1ccc(S(=O)(=O)[O-])cc1. The molecule has 0 saturated carbocycles. The molecule has 0 fully saturated rings. The summed E-state index contributed by atoms with van der Waals surface area (Å²) in [7, 11) is -4.27. The molecule has 1 aliphatic heterocycles. The highest BCUT2D eigenvalue weighted by molar-refractivity contribution is 8.03. The Balaban J connectivity index is 0.000000329. The summed E-state index contributed by atoms with van der Waals surface area (Å²) >= 11 is 3.85. The molecule has 1 aromatic heterocycles. The van der Waals surface area contributed by atoms with Gasteiger partial charge in [-0.05, 0) is 110 Å². The third-order valence-electron chi connectivity index (χ3n) is 10.1. The molecule has 2 heterocycles. The lowest BCUT2D eigenvalue weighted by atomic mass is 9.72. The van der Waals surface area contributed by atoms with Crippen LogP contribution in [0, 0.1) is 12.3 Å². The first kappa shape index (κ1) is 36.2. The molecule has 5 aromatic carbocycles. The molecule has 52 heavy (non-hydrogen) atoms. The van der Waals surface area contributed by atoms with Crippen molar-refractivity contribution in [2.45, 2.75) is 70.7 Å². The molecule has 5 nitrogen and oxygen atoms in total. The van der Waals surface area contributed by atoms with Gasteiger partial charge in [0.05, 0.1) is 21.0 Å². The third kappa shape index (κ3) is 7.09. The van der Waals surface area contributed by atoms with E-state index in [1.807, 2.05) is 30.0 Å². The van der Waals surface area contributed by atoms with Gasteiger partial charge in [0.15, 0.2) is 0 Å². The number of aryl methyl sites for hydroxylation is 2. The lowest BCUT2D eigenvalue weighted by molar-refractivity contribution is -0.664. The van der Waals surface area contributed by atoms with Gasteiger partial charge in [-0.25, -0.2) is 8.42 Å². The summed E-state index contributed by atoms with van der Waals surface area (Å²) in [5.74, 6) is 0. The van der Waals surface area contributed by atoms with Gasteiger partial charge in [0.2, 0.25) is 5.52 Å². The Bertz CT molecular complexity index is 2540. The highest BCUT2D eigenvalue weighted by Gasteiger charge is 2.32. The summed E-state index contributed by atoms with van der Waals surface area (Å²) < 4.78 is 35.1. The Kier molecular flexibility index (Phi) is 9.95. The van der Waals surface area contributed by atoms with E-state index in [9.17, 15) is 13.0 Å². The maximum absolute atomic E-state index is 10.4. The van der Waals surface area contributed by atoms with Gasteiger partial charge in [-0.1, -0.05) is 109 Å². The number of fused-ring (bicyclic) bond motifs is 6. The van der Waals surface area contributed by atoms with Crippen LogP contribution in [0.5, 0.6) is 0 Å². The molecule has 0 unspecified atom stereocenters. The minimum Gasteiger partial charge on any atom is -0.744 e. The summed E-state index contributed by atoms with van der Waals surface area (Å²) in [6.07, 6.45) is 7.19. The fraction of sp³-hybridized carbons (Fsp3) is 0.250. The molecule has 8 rings (SSSR count). The third-order valence-corrected chi connectivity index (χ3v) is 13.1. The van der Waals surface area contributed by atoms with Gasteiger partial charge in [-0.3, -0.25) is 0 Å². The minimum absolute atomic E-state index is 0.178. The molecule has 0 atom stereocenters. The Hall–Kier alpha value is -4.21. The van der Waals surface area contributed by atoms with Gasteiger partial charge in [0.25, 0.3) is 5.01 Å². The van der Waals surface area contributed by atoms with Gasteiger partial charge in [0.1, 0.15) is 21.4 Å². The zero-order valence-electron chi connectivity index (χ0n) is 30.6. The van der Waals surface area contributed by atoms with E-state index >= 15 is 0 Å². The van der Waals surface area contributed by atoms with Gasteiger partial charge >= 0.3 is 0 Å². The summed E-state index contributed by atoms with van der Waals surface area (Å²) in [6.45, 7) is 15.5. The molecule has 2 aliphatic rings. The normalized spacial score (nSPS) is 17.3. The lowest BCUT2D eigenvalue weighted by Gasteiger charge is -2.33. The van der Waals surface area contributed by atoms with E-state index in [4.69, 9.17) is 0 Å². The van der Waals surface area contributed by atoms with E-state index in [1.165, 1.54) is 81.2 Å². The van der Waals surface area contributed by atoms with E-state index in [-0.39, 0.29) is 10.3 Å². The number of hydrogen-bond donors (Lipinski definition) is 0. The van der Waals surface area contributed by atoms with Crippen molar-refractivity contribution in [3.63, 3.8) is 0 Å². The van der Waals surface area contributed by atoms with Gasteiger partial charge in [-0.2, -0.15) is 4.57 Å². The zero-order chi connectivity index (χ0) is 36.8. The average molecular weight is 745 g/mol. The molecule has 6 aromatic rings. The fourth-order valence-electron chi connectivity index (χ4n) is 7.48. The van der Waals surface area contributed by atoms with Crippen molar-refractivity contribution in [2.75, 3.05) is 11.4 Å². The van der Waals surface area contributed by atoms with Crippen LogP contribution < -0.4 is 9.47 Å². The molecule has 8 heteroatoms. The highest BCUT2D eigenvalue weighted by atomic mass is 32.2. The monoisotopic (exact) mass is 744 g/mol. The maximum atomic E-state index is 10.4. The topological polar surface area (TPSA) is 64.3 Å². The first-order valence-corrected chi connectivity index (χ1v) is 20.9. The maximum Gasteiger partial charge on any atom is 0.263 e. The molecule has 0 radical (unpaired) electrons. The summed E-state index contributed by atoms with van der Waals surface area (Å²) in [4.78, 5) is 3.71. The van der Waals surface area contributed by atoms with Gasteiger partial charge < -0.3 is 9.45 Å². The first-order valence-electron chi connectivity index (χ1n) is 17.8. The number of aromatic nitrogens is 1. The van der Waals surface area contributed by atoms with Crippen molar-refractivity contribution in [3.8, 4) is 0 Å². The number of thioether (sulfide) groups is 1. The van der Waals surface area contributed by atoms with Gasteiger partial charge in [0, 0.05) is 22.9 Å². The standard InChI is InChI=1S/C37H37N2S2.C7H8O3S/c1-6-38-33(40-31-18-16-25-12-8-10-14-29(25)35(31)38)20-27-22-37(4,5)23-28(24(27)3)21-34-39(7-2)36-30-15-11-9-13-26(30)17-19-32(36)41-34;1-6-2-4-7(5-3-6)11(8,9)10/h8-21H,6-7,22-23H2,1-5H3;2-5H,1H3,(H,8,9,10)/q+1;/p-1. The number of benzene rings is 5. The first-order chi connectivity index (χ1) is 24.9. The summed E-state index contributed by atoms with van der Waals surface area (Å²) in [5, 5.41) is 8.01. The van der Waals surface area contributed by atoms with Crippen LogP contribution in [0.15, 0.2) is 135 Å². The van der Waals surface area contributed by atoms with E-state index in [2.05, 4.69) is 129 Å². The molecular formula is C44H44N2O3S3. The predicted molar refractivity (Wildman–Crippen MR) is 219 cm³/mol. The predicted octanol–water partition coefficient (Wildman–Crippen LogP) is 11.4. The van der Waals surface area contributed by atoms with Crippen molar-refractivity contribution in [3.05, 3.63) is 135 Å². The van der Waals surface area contributed by atoms with Gasteiger partial charge in [-0.15, -0.1) is 0 Å². The molecule has 1 aliphatic carbocycles. The zero-order valence-corrected chi connectivity index (χ0v) is 33.0. The van der Waals surface area contributed by atoms with Crippen molar-refractivity contribution in [1.29, 1.82) is 0 Å². The van der Waals surface area contributed by atoms with Crippen molar-refractivity contribution in [1.82, 2.24) is 0 Å². The Morgan fingerprint density at radius 2 is 1.48 bits per heavy atom. The Morgan fingerprint density at radius 1 is 0.827 bits per heavy atom. The average Bonchev–Trinajstić information content (AvgIpc) is 3.67. The molecule has 0 amide bonds. The number of hydrogen-bond acceptors (Lipinski definition) is 6. The van der Waals surface area contributed by atoms with Crippen LogP contribution in [0.25, 0.3) is 37.8 Å². The molecule has 0 bridgehead atoms. The van der Waals surface area contributed by atoms with E-state index in [0.717, 1.165) is 31.5 Å². The number of allylic oxidation sites excluding steroid dienone is 4. The van der Waals surface area contributed by atoms with E-state index in [0.29, 0.717) is 0 Å². The second kappa shape index (κ2) is 14.3. The van der Waals surface area contributed by atoms with Crippen LogP contribution in [-0.2, 0) is 16.7 Å². The van der Waals surface area contributed by atoms with Crippen LogP contribution in [0.3, 0.4) is 0 Å². The molecule has 0 N–H and O–H groups in total. The summed E-state index contributed by atoms with van der Waals surface area (Å²) in [6, 6.07) is 32.5. The van der Waals surface area contributed by atoms with Crippen molar-refractivity contribution in [2.24, 2.45) is 5.41 Å². The Morgan fingerprint density at radius 3 is 2.15 bits per heavy atom. The molecule has 266 valence electrons. The van der Waals surface area contributed by atoms with Crippen LogP contribution in [-0.4, -0.2) is 19.5 Å². The second-order valence-electron chi connectivity index (χ2n) is 14.4. The Labute approximate surface area is 315 Å². The lowest BCUT2D eigenvalue weighted by Crippen LogP contribution is -2.34. The highest BCUT2D eigenvalue weighted by Crippen LogP contribution is 2.51. The molecule has 0 spiro atoms. The van der Waals surface area contributed by atoms with E-state index in [1.54, 1.807) is 12.1 Å². The fourth-order valence-corrected chi connectivity index (χ4v) is 10.4. The molecular weight excluding hydrogens is 701 g/mol. The number of nitrogens with zero attached hydrogens (tertiary/aromatic N) is 2. The van der Waals surface area contributed by atoms with Crippen LogP contribution in [0.2, 0.25) is 0 Å². The molecule has 0 saturated heterocycles. The largest absolute Gasteiger partial charge is 0.744 e. The smallest absolute Gasteiger partial charge is 0.263 e. The van der Waals surface area contributed by atoms with Crippen molar-refractivity contribution < 1.29 is 17.5 Å². The number of rotatable bonds is 5. The summed E-state index contributed by atoms with van der Waals surface area (Å²) in [5.41, 5.74) is 8.26. The quantitative estimate of drug-likeness (QED) is 0.130. The number of anilines is 1. The van der Waals surface area contributed by atoms with E-state index < -0.39 is 10.1 Å².